The van der Waals surface area contributed by atoms with Gasteiger partial charge in [0.15, 0.2) is 9.84 Å². The van der Waals surface area contributed by atoms with Crippen LogP contribution >= 0.6 is 0 Å². The quantitative estimate of drug-likeness (QED) is 0.273. The zero-order chi connectivity index (χ0) is 25.7. The minimum absolute atomic E-state index is 0.239. The molecule has 0 heterocycles. The van der Waals surface area contributed by atoms with E-state index in [2.05, 4.69) is 22.5 Å². The first-order valence-corrected chi connectivity index (χ1v) is 12.6. The van der Waals surface area contributed by atoms with Gasteiger partial charge in [0.1, 0.15) is 11.9 Å². The number of amides is 1. The Morgan fingerprint density at radius 2 is 1.71 bits per heavy atom. The smallest absolute Gasteiger partial charge is 0.342 e. The summed E-state index contributed by atoms with van der Waals surface area (Å²) < 4.78 is 83.3. The molecule has 2 aromatic rings. The minimum atomic E-state index is -5.09. The summed E-state index contributed by atoms with van der Waals surface area (Å²) in [5.41, 5.74) is 2.16. The van der Waals surface area contributed by atoms with Crippen LogP contribution in [0.15, 0.2) is 54.6 Å². The molecule has 35 heavy (non-hydrogen) atoms. The Balaban J connectivity index is 2.04. The maximum Gasteiger partial charge on any atom is 0.422 e. The molecular weight excluding hydrogens is 486 g/mol. The molecule has 1 fully saturated rings. The molecule has 2 aromatic carbocycles. The Morgan fingerprint density at radius 1 is 1.09 bits per heavy atom. The van der Waals surface area contributed by atoms with Gasteiger partial charge in [-0.3, -0.25) is 10.1 Å². The number of benzene rings is 2. The summed E-state index contributed by atoms with van der Waals surface area (Å²) in [6.07, 6.45) is -3.82. The molecular formula is C24H25F4N3O3S. The third kappa shape index (κ3) is 7.04. The van der Waals surface area contributed by atoms with E-state index < -0.39 is 63.1 Å². The molecule has 1 amide bonds. The summed E-state index contributed by atoms with van der Waals surface area (Å²) in [7, 11) is -4.06. The van der Waals surface area contributed by atoms with Crippen molar-refractivity contribution in [1.82, 2.24) is 10.6 Å². The van der Waals surface area contributed by atoms with Crippen LogP contribution in [0, 0.1) is 23.6 Å². The van der Waals surface area contributed by atoms with Crippen molar-refractivity contribution in [3.63, 3.8) is 0 Å². The first-order valence-electron chi connectivity index (χ1n) is 10.8. The molecule has 0 saturated heterocycles. The van der Waals surface area contributed by atoms with Crippen molar-refractivity contribution in [1.29, 1.82) is 0 Å². The van der Waals surface area contributed by atoms with Crippen molar-refractivity contribution in [2.24, 2.45) is 11.7 Å². The van der Waals surface area contributed by atoms with Crippen molar-refractivity contribution in [2.45, 2.75) is 36.4 Å². The van der Waals surface area contributed by atoms with E-state index in [0.717, 1.165) is 24.3 Å². The Morgan fingerprint density at radius 3 is 2.26 bits per heavy atom. The summed E-state index contributed by atoms with van der Waals surface area (Å²) >= 11 is 0. The monoisotopic (exact) mass is 511 g/mol. The number of carbonyl (C=O) groups is 1. The largest absolute Gasteiger partial charge is 0.422 e. The summed E-state index contributed by atoms with van der Waals surface area (Å²) in [6.45, 7) is -0.418. The van der Waals surface area contributed by atoms with Crippen molar-refractivity contribution in [2.75, 3.05) is 12.4 Å². The highest BCUT2D eigenvalue weighted by atomic mass is 32.2. The molecule has 0 aromatic heterocycles. The Hall–Kier alpha value is -2.94. The number of hydrogen-bond donors (Lipinski definition) is 3. The van der Waals surface area contributed by atoms with Gasteiger partial charge in [0, 0.05) is 5.92 Å². The molecule has 0 bridgehead atoms. The second-order valence-electron chi connectivity index (χ2n) is 8.28. The molecule has 0 unspecified atom stereocenters. The van der Waals surface area contributed by atoms with E-state index in [4.69, 9.17) is 5.73 Å². The lowest BCUT2D eigenvalue weighted by Gasteiger charge is -2.35. The number of alkyl halides is 3. The minimum Gasteiger partial charge on any atom is -0.342 e. The van der Waals surface area contributed by atoms with E-state index in [-0.39, 0.29) is 5.92 Å². The van der Waals surface area contributed by atoms with Gasteiger partial charge >= 0.3 is 6.18 Å². The highest BCUT2D eigenvalue weighted by molar-refractivity contribution is 7.90. The van der Waals surface area contributed by atoms with Crippen molar-refractivity contribution >= 4 is 15.7 Å². The molecule has 0 radical (unpaired) electrons. The van der Waals surface area contributed by atoms with Crippen LogP contribution in [0.25, 0.3) is 0 Å². The van der Waals surface area contributed by atoms with E-state index in [1.807, 2.05) is 0 Å². The predicted molar refractivity (Wildman–Crippen MR) is 123 cm³/mol. The fourth-order valence-corrected chi connectivity index (χ4v) is 5.02. The number of nitrogens with two attached hydrogens (primary N) is 1. The number of nitrogens with one attached hydrogen (secondary N) is 2. The highest BCUT2D eigenvalue weighted by Gasteiger charge is 2.57. The zero-order valence-electron chi connectivity index (χ0n) is 18.6. The van der Waals surface area contributed by atoms with Crippen LogP contribution in [-0.2, 0) is 25.9 Å². The van der Waals surface area contributed by atoms with Gasteiger partial charge in [-0.2, -0.15) is 13.2 Å². The van der Waals surface area contributed by atoms with Gasteiger partial charge in [0.05, 0.1) is 18.2 Å². The molecule has 188 valence electrons. The molecule has 1 saturated carbocycles. The van der Waals surface area contributed by atoms with Gasteiger partial charge in [-0.25, -0.2) is 12.8 Å². The third-order valence-corrected chi connectivity index (χ3v) is 6.99. The average Bonchev–Trinajstić information content (AvgIpc) is 3.61. The lowest BCUT2D eigenvalue weighted by atomic mass is 9.88. The molecule has 11 heteroatoms. The van der Waals surface area contributed by atoms with Crippen molar-refractivity contribution in [3.05, 3.63) is 71.5 Å². The summed E-state index contributed by atoms with van der Waals surface area (Å²) in [6, 6.07) is 9.70. The number of rotatable bonds is 9. The Kier molecular flexibility index (Phi) is 8.20. The topological polar surface area (TPSA) is 101 Å². The molecule has 6 nitrogen and oxygen atoms in total. The average molecular weight is 512 g/mol. The van der Waals surface area contributed by atoms with Crippen LogP contribution < -0.4 is 16.4 Å². The van der Waals surface area contributed by atoms with Gasteiger partial charge in [-0.1, -0.05) is 54.3 Å². The first kappa shape index (κ1) is 26.7. The summed E-state index contributed by atoms with van der Waals surface area (Å²) in [5, 5.41) is 4.37. The summed E-state index contributed by atoms with van der Waals surface area (Å²) in [4.78, 5) is 12.7. The standard InChI is InChI=1S/C24H25F4N3O3S/c25-20-10-8-19(9-11-20)23(24(26,27)28,13-12-17-6-7-17)31-21(22(32)30-16-29)15-35(33,34)14-18-4-2-1-3-5-18/h1-5,8-11,17,21,31H,6-7,14-16,29H2,(H,30,32)/t21-,23-/m0/s1. The molecule has 1 aliphatic rings. The maximum atomic E-state index is 14.7. The van der Waals surface area contributed by atoms with Gasteiger partial charge in [-0.15, -0.1) is 0 Å². The first-order chi connectivity index (χ1) is 16.5. The van der Waals surface area contributed by atoms with Crippen LogP contribution in [0.4, 0.5) is 17.6 Å². The van der Waals surface area contributed by atoms with Crippen LogP contribution in [0.1, 0.15) is 24.0 Å². The van der Waals surface area contributed by atoms with Crippen LogP contribution in [0.5, 0.6) is 0 Å². The zero-order valence-corrected chi connectivity index (χ0v) is 19.4. The van der Waals surface area contributed by atoms with E-state index >= 15 is 0 Å². The van der Waals surface area contributed by atoms with Gasteiger partial charge in [0.2, 0.25) is 11.4 Å². The second-order valence-corrected chi connectivity index (χ2v) is 10.4. The van der Waals surface area contributed by atoms with Gasteiger partial charge in [-0.05, 0) is 36.1 Å². The molecule has 3 rings (SSSR count). The molecule has 4 N–H and O–H groups in total. The van der Waals surface area contributed by atoms with Crippen molar-refractivity contribution < 1.29 is 30.8 Å². The fraction of sp³-hybridized carbons (Fsp3) is 0.375. The SMILES string of the molecule is NCNC(=O)[C@H](CS(=O)(=O)Cc1ccccc1)N[C@@](C#CC1CC1)(c1ccc(F)cc1)C(F)(F)F. The predicted octanol–water partition coefficient (Wildman–Crippen LogP) is 2.60. The van der Waals surface area contributed by atoms with Crippen LogP contribution in [-0.4, -0.2) is 39.0 Å². The van der Waals surface area contributed by atoms with Gasteiger partial charge in [0.25, 0.3) is 0 Å². The Bertz CT molecular complexity index is 1190. The van der Waals surface area contributed by atoms with E-state index in [0.29, 0.717) is 18.4 Å². The molecule has 2 atom stereocenters. The van der Waals surface area contributed by atoms with Crippen LogP contribution in [0.3, 0.4) is 0 Å². The number of sulfone groups is 1. The Labute approximate surface area is 201 Å². The number of hydrogen-bond acceptors (Lipinski definition) is 5. The van der Waals surface area contributed by atoms with E-state index in [1.165, 1.54) is 0 Å². The van der Waals surface area contributed by atoms with E-state index in [1.54, 1.807) is 30.3 Å². The van der Waals surface area contributed by atoms with E-state index in [9.17, 15) is 30.8 Å². The van der Waals surface area contributed by atoms with Crippen LogP contribution in [0.2, 0.25) is 0 Å². The number of carbonyl (C=O) groups excluding carboxylic acids is 1. The summed E-state index contributed by atoms with van der Waals surface area (Å²) in [5.74, 6) is 1.32. The lowest BCUT2D eigenvalue weighted by Crippen LogP contribution is -2.62. The molecule has 0 spiro atoms. The molecule has 0 aliphatic heterocycles. The van der Waals surface area contributed by atoms with Crippen molar-refractivity contribution in [3.8, 4) is 11.8 Å². The fourth-order valence-electron chi connectivity index (χ4n) is 3.45. The molecule has 1 aliphatic carbocycles. The number of halogens is 4. The lowest BCUT2D eigenvalue weighted by molar-refractivity contribution is -0.184. The second kappa shape index (κ2) is 10.8. The normalized spacial score (nSPS) is 16.5. The maximum absolute atomic E-state index is 14.7. The van der Waals surface area contributed by atoms with Gasteiger partial charge < -0.3 is 11.1 Å². The third-order valence-electron chi connectivity index (χ3n) is 5.38. The highest BCUT2D eigenvalue weighted by Crippen LogP contribution is 2.40.